The van der Waals surface area contributed by atoms with Crippen molar-refractivity contribution in [3.05, 3.63) is 23.9 Å². The molecule has 0 bridgehead atoms. The predicted molar refractivity (Wildman–Crippen MR) is 72.1 cm³/mol. The molecule has 0 aromatic carbocycles. The lowest BCUT2D eigenvalue weighted by Crippen LogP contribution is -2.49. The quantitative estimate of drug-likeness (QED) is 0.626. The van der Waals surface area contributed by atoms with Gasteiger partial charge < -0.3 is 15.4 Å². The van der Waals surface area contributed by atoms with E-state index in [4.69, 9.17) is 15.9 Å². The molecular formula is C13H20N4O. The standard InChI is InChI=1S/C13H20N4O/c1-3-11-8-18-9(2)7-17(11)12-6-10(13(14)15)4-5-16-12/h4-6,9,11H,3,7-8H2,1-2H3,(H3,14,15). The summed E-state index contributed by atoms with van der Waals surface area (Å²) in [5, 5.41) is 7.49. The van der Waals surface area contributed by atoms with Crippen LogP contribution in [0.25, 0.3) is 0 Å². The lowest BCUT2D eigenvalue weighted by Gasteiger charge is -2.39. The topological polar surface area (TPSA) is 75.2 Å². The van der Waals surface area contributed by atoms with Gasteiger partial charge in [0.05, 0.1) is 18.8 Å². The number of amidine groups is 1. The molecule has 2 atom stereocenters. The molecule has 1 saturated heterocycles. The van der Waals surface area contributed by atoms with Gasteiger partial charge in [0.1, 0.15) is 11.7 Å². The van der Waals surface area contributed by atoms with Gasteiger partial charge in [-0.15, -0.1) is 0 Å². The van der Waals surface area contributed by atoms with Gasteiger partial charge in [0, 0.05) is 18.3 Å². The minimum Gasteiger partial charge on any atom is -0.384 e. The third kappa shape index (κ3) is 2.61. The van der Waals surface area contributed by atoms with Gasteiger partial charge in [-0.05, 0) is 25.5 Å². The second-order valence-corrected chi connectivity index (χ2v) is 4.67. The number of morpholine rings is 1. The summed E-state index contributed by atoms with van der Waals surface area (Å²) in [6.07, 6.45) is 2.92. The average molecular weight is 248 g/mol. The van der Waals surface area contributed by atoms with Crippen molar-refractivity contribution in [1.29, 1.82) is 5.41 Å². The molecule has 5 nitrogen and oxygen atoms in total. The summed E-state index contributed by atoms with van der Waals surface area (Å²) in [5.41, 5.74) is 6.24. The van der Waals surface area contributed by atoms with E-state index in [1.807, 2.05) is 6.07 Å². The third-order valence-electron chi connectivity index (χ3n) is 3.29. The summed E-state index contributed by atoms with van der Waals surface area (Å²) >= 11 is 0. The van der Waals surface area contributed by atoms with E-state index in [-0.39, 0.29) is 11.9 Å². The van der Waals surface area contributed by atoms with Crippen LogP contribution in [0.5, 0.6) is 0 Å². The van der Waals surface area contributed by atoms with Gasteiger partial charge >= 0.3 is 0 Å². The Balaban J connectivity index is 2.27. The summed E-state index contributed by atoms with van der Waals surface area (Å²) < 4.78 is 5.67. The van der Waals surface area contributed by atoms with Gasteiger partial charge in [-0.3, -0.25) is 5.41 Å². The first-order valence-corrected chi connectivity index (χ1v) is 6.30. The highest BCUT2D eigenvalue weighted by Crippen LogP contribution is 2.22. The molecule has 3 N–H and O–H groups in total. The maximum absolute atomic E-state index is 7.49. The van der Waals surface area contributed by atoms with Crippen molar-refractivity contribution in [3.8, 4) is 0 Å². The highest BCUT2D eigenvalue weighted by atomic mass is 16.5. The predicted octanol–water partition coefficient (Wildman–Crippen LogP) is 1.37. The molecule has 0 amide bonds. The fraction of sp³-hybridized carbons (Fsp3) is 0.538. The fourth-order valence-corrected chi connectivity index (χ4v) is 2.21. The molecule has 5 heteroatoms. The van der Waals surface area contributed by atoms with Crippen molar-refractivity contribution in [2.45, 2.75) is 32.4 Å². The van der Waals surface area contributed by atoms with Gasteiger partial charge in [0.15, 0.2) is 0 Å². The zero-order valence-electron chi connectivity index (χ0n) is 10.9. The number of ether oxygens (including phenoxy) is 1. The van der Waals surface area contributed by atoms with Crippen LogP contribution in [0.15, 0.2) is 18.3 Å². The molecule has 98 valence electrons. The zero-order valence-corrected chi connectivity index (χ0v) is 10.9. The molecule has 1 aliphatic rings. The highest BCUT2D eigenvalue weighted by molar-refractivity contribution is 5.95. The van der Waals surface area contributed by atoms with Gasteiger partial charge in [-0.1, -0.05) is 6.92 Å². The Morgan fingerprint density at radius 1 is 1.67 bits per heavy atom. The maximum Gasteiger partial charge on any atom is 0.129 e. The third-order valence-corrected chi connectivity index (χ3v) is 3.29. The van der Waals surface area contributed by atoms with Crippen molar-refractivity contribution in [2.24, 2.45) is 5.73 Å². The lowest BCUT2D eigenvalue weighted by atomic mass is 10.1. The summed E-state index contributed by atoms with van der Waals surface area (Å²) in [7, 11) is 0. The summed E-state index contributed by atoms with van der Waals surface area (Å²) in [4.78, 5) is 6.65. The SMILES string of the molecule is CCC1COC(C)CN1c1cc(C(=N)N)ccn1. The van der Waals surface area contributed by atoms with Crippen molar-refractivity contribution in [1.82, 2.24) is 4.98 Å². The average Bonchev–Trinajstić information content (AvgIpc) is 2.39. The number of hydrogen-bond donors (Lipinski definition) is 2. The van der Waals surface area contributed by atoms with E-state index in [1.54, 1.807) is 12.3 Å². The van der Waals surface area contributed by atoms with E-state index in [1.165, 1.54) is 0 Å². The number of hydrogen-bond acceptors (Lipinski definition) is 4. The minimum absolute atomic E-state index is 0.0769. The van der Waals surface area contributed by atoms with Crippen LogP contribution in [-0.4, -0.2) is 36.1 Å². The van der Waals surface area contributed by atoms with E-state index in [2.05, 4.69) is 23.7 Å². The number of nitrogens with two attached hydrogens (primary N) is 1. The number of nitrogens with one attached hydrogen (secondary N) is 1. The lowest BCUT2D eigenvalue weighted by molar-refractivity contribution is 0.0296. The van der Waals surface area contributed by atoms with E-state index in [0.717, 1.165) is 25.4 Å². The second-order valence-electron chi connectivity index (χ2n) is 4.67. The molecule has 0 aliphatic carbocycles. The maximum atomic E-state index is 7.49. The Morgan fingerprint density at radius 2 is 2.44 bits per heavy atom. The van der Waals surface area contributed by atoms with E-state index >= 15 is 0 Å². The van der Waals surface area contributed by atoms with Crippen LogP contribution >= 0.6 is 0 Å². The zero-order chi connectivity index (χ0) is 13.1. The Kier molecular flexibility index (Phi) is 3.81. The first-order chi connectivity index (χ1) is 8.61. The molecule has 2 rings (SSSR count). The molecule has 1 aromatic heterocycles. The van der Waals surface area contributed by atoms with Crippen LogP contribution in [-0.2, 0) is 4.74 Å². The van der Waals surface area contributed by atoms with Crippen molar-refractivity contribution in [3.63, 3.8) is 0 Å². The molecule has 1 fully saturated rings. The molecule has 0 saturated carbocycles. The van der Waals surface area contributed by atoms with Crippen LogP contribution in [0.1, 0.15) is 25.8 Å². The van der Waals surface area contributed by atoms with Crippen LogP contribution in [0.4, 0.5) is 5.82 Å². The molecule has 2 unspecified atom stereocenters. The van der Waals surface area contributed by atoms with Crippen LogP contribution in [0.3, 0.4) is 0 Å². The first-order valence-electron chi connectivity index (χ1n) is 6.30. The number of aromatic nitrogens is 1. The fourth-order valence-electron chi connectivity index (χ4n) is 2.21. The Hall–Kier alpha value is -1.62. The highest BCUT2D eigenvalue weighted by Gasteiger charge is 2.26. The Labute approximate surface area is 107 Å². The Bertz CT molecular complexity index is 435. The molecular weight excluding hydrogens is 228 g/mol. The number of pyridine rings is 1. The summed E-state index contributed by atoms with van der Waals surface area (Å²) in [6, 6.07) is 3.98. The van der Waals surface area contributed by atoms with Crippen molar-refractivity contribution < 1.29 is 4.74 Å². The van der Waals surface area contributed by atoms with Crippen LogP contribution < -0.4 is 10.6 Å². The molecule has 2 heterocycles. The molecule has 1 aromatic rings. The Morgan fingerprint density at radius 3 is 3.11 bits per heavy atom. The van der Waals surface area contributed by atoms with Gasteiger partial charge in [-0.2, -0.15) is 0 Å². The number of nitrogens with zero attached hydrogens (tertiary/aromatic N) is 2. The summed E-state index contributed by atoms with van der Waals surface area (Å²) in [5.74, 6) is 0.956. The molecule has 0 spiro atoms. The number of rotatable bonds is 3. The largest absolute Gasteiger partial charge is 0.384 e. The van der Waals surface area contributed by atoms with E-state index in [9.17, 15) is 0 Å². The van der Waals surface area contributed by atoms with Gasteiger partial charge in [-0.25, -0.2) is 4.98 Å². The van der Waals surface area contributed by atoms with Crippen LogP contribution in [0, 0.1) is 5.41 Å². The van der Waals surface area contributed by atoms with Gasteiger partial charge in [0.25, 0.3) is 0 Å². The van der Waals surface area contributed by atoms with E-state index in [0.29, 0.717) is 11.6 Å². The van der Waals surface area contributed by atoms with Crippen LogP contribution in [0.2, 0.25) is 0 Å². The second kappa shape index (κ2) is 5.35. The van der Waals surface area contributed by atoms with Crippen molar-refractivity contribution >= 4 is 11.7 Å². The first kappa shape index (κ1) is 12.8. The molecule has 18 heavy (non-hydrogen) atoms. The smallest absolute Gasteiger partial charge is 0.129 e. The number of nitrogen functional groups attached to an aromatic ring is 1. The summed E-state index contributed by atoms with van der Waals surface area (Å²) in [6.45, 7) is 5.76. The minimum atomic E-state index is 0.0769. The number of anilines is 1. The van der Waals surface area contributed by atoms with Gasteiger partial charge in [0.2, 0.25) is 0 Å². The monoisotopic (exact) mass is 248 g/mol. The molecule has 1 aliphatic heterocycles. The molecule has 0 radical (unpaired) electrons. The van der Waals surface area contributed by atoms with E-state index < -0.39 is 0 Å². The normalized spacial score (nSPS) is 24.0. The van der Waals surface area contributed by atoms with Crippen molar-refractivity contribution in [2.75, 3.05) is 18.1 Å².